The Hall–Kier alpha value is -1.75. The third-order valence-electron chi connectivity index (χ3n) is 2.74. The first-order valence-corrected chi connectivity index (χ1v) is 6.00. The molecule has 1 heterocycles. The number of hydrogen-bond donors (Lipinski definition) is 2. The van der Waals surface area contributed by atoms with E-state index >= 15 is 0 Å². The Morgan fingerprint density at radius 3 is 2.78 bits per heavy atom. The van der Waals surface area contributed by atoms with Crippen molar-refractivity contribution in [2.45, 2.75) is 19.9 Å². The van der Waals surface area contributed by atoms with Gasteiger partial charge in [0, 0.05) is 0 Å². The number of nitrogens with two attached hydrogens (primary N) is 1. The average molecular weight is 250 g/mol. The summed E-state index contributed by atoms with van der Waals surface area (Å²) < 4.78 is 10.5. The van der Waals surface area contributed by atoms with Gasteiger partial charge in [-0.05, 0) is 30.2 Å². The molecule has 1 aromatic rings. The molecule has 0 aromatic heterocycles. The lowest BCUT2D eigenvalue weighted by molar-refractivity contribution is -0.120. The molecule has 5 heteroatoms. The number of rotatable bonds is 5. The Morgan fingerprint density at radius 1 is 1.39 bits per heavy atom. The number of carbonyl (C=O) groups excluding carboxylic acids is 1. The van der Waals surface area contributed by atoms with Crippen molar-refractivity contribution in [1.82, 2.24) is 5.32 Å². The van der Waals surface area contributed by atoms with Gasteiger partial charge in [-0.1, -0.05) is 19.9 Å². The van der Waals surface area contributed by atoms with Crippen molar-refractivity contribution < 1.29 is 14.3 Å². The molecule has 0 fully saturated rings. The number of benzene rings is 1. The summed E-state index contributed by atoms with van der Waals surface area (Å²) in [4.78, 5) is 11.5. The maximum absolute atomic E-state index is 11.5. The molecule has 1 atom stereocenters. The van der Waals surface area contributed by atoms with Gasteiger partial charge >= 0.3 is 0 Å². The summed E-state index contributed by atoms with van der Waals surface area (Å²) in [7, 11) is 0. The number of carbonyl (C=O) groups is 1. The Balaban J connectivity index is 2.17. The standard InChI is InChI=1S/C13H18N2O3/c1-8(2)6-15-12(13(14)16)9-3-4-10-11(5-9)18-7-17-10/h3-5,8,12,15H,6-7H2,1-2H3,(H2,14,16). The Morgan fingerprint density at radius 2 is 2.11 bits per heavy atom. The van der Waals surface area contributed by atoms with E-state index in [0.29, 0.717) is 17.4 Å². The quantitative estimate of drug-likeness (QED) is 0.823. The fraction of sp³-hybridized carbons (Fsp3) is 0.462. The van der Waals surface area contributed by atoms with Gasteiger partial charge in [-0.2, -0.15) is 0 Å². The Bertz CT molecular complexity index is 446. The van der Waals surface area contributed by atoms with Crippen molar-refractivity contribution >= 4 is 5.91 Å². The van der Waals surface area contributed by atoms with Crippen LogP contribution in [0.2, 0.25) is 0 Å². The van der Waals surface area contributed by atoms with Crippen molar-refractivity contribution in [3.63, 3.8) is 0 Å². The van der Waals surface area contributed by atoms with Crippen LogP contribution in [0.5, 0.6) is 11.5 Å². The van der Waals surface area contributed by atoms with Crippen molar-refractivity contribution in [2.75, 3.05) is 13.3 Å². The monoisotopic (exact) mass is 250 g/mol. The molecule has 0 saturated carbocycles. The van der Waals surface area contributed by atoms with Crippen molar-refractivity contribution in [3.05, 3.63) is 23.8 Å². The molecule has 1 aromatic carbocycles. The minimum Gasteiger partial charge on any atom is -0.454 e. The molecular formula is C13H18N2O3. The second kappa shape index (κ2) is 5.27. The van der Waals surface area contributed by atoms with Gasteiger partial charge in [-0.25, -0.2) is 0 Å². The fourth-order valence-corrected chi connectivity index (χ4v) is 1.83. The average Bonchev–Trinajstić information content (AvgIpc) is 2.75. The molecule has 0 bridgehead atoms. The van der Waals surface area contributed by atoms with Crippen LogP contribution in [0.25, 0.3) is 0 Å². The molecule has 0 aliphatic carbocycles. The van der Waals surface area contributed by atoms with E-state index in [1.54, 1.807) is 12.1 Å². The van der Waals surface area contributed by atoms with Gasteiger partial charge in [0.05, 0.1) is 0 Å². The van der Waals surface area contributed by atoms with Gasteiger partial charge in [0.2, 0.25) is 12.7 Å². The van der Waals surface area contributed by atoms with Crippen LogP contribution in [-0.4, -0.2) is 19.2 Å². The lowest BCUT2D eigenvalue weighted by Gasteiger charge is -2.17. The number of hydrogen-bond acceptors (Lipinski definition) is 4. The predicted octanol–water partition coefficient (Wildman–Crippen LogP) is 1.19. The summed E-state index contributed by atoms with van der Waals surface area (Å²) in [6.07, 6.45) is 0. The van der Waals surface area contributed by atoms with E-state index in [-0.39, 0.29) is 6.79 Å². The summed E-state index contributed by atoms with van der Waals surface area (Å²) in [5.41, 5.74) is 6.23. The number of primary amides is 1. The largest absolute Gasteiger partial charge is 0.454 e. The molecule has 0 spiro atoms. The zero-order valence-electron chi connectivity index (χ0n) is 10.6. The molecule has 1 aliphatic rings. The smallest absolute Gasteiger partial charge is 0.239 e. The predicted molar refractivity (Wildman–Crippen MR) is 67.3 cm³/mol. The first-order chi connectivity index (χ1) is 8.58. The van der Waals surface area contributed by atoms with E-state index in [9.17, 15) is 4.79 Å². The molecule has 1 amide bonds. The van der Waals surface area contributed by atoms with E-state index in [2.05, 4.69) is 19.2 Å². The lowest BCUT2D eigenvalue weighted by atomic mass is 10.0. The zero-order valence-corrected chi connectivity index (χ0v) is 10.6. The minimum atomic E-state index is -0.498. The van der Waals surface area contributed by atoms with E-state index in [0.717, 1.165) is 12.1 Å². The van der Waals surface area contributed by atoms with Gasteiger partial charge < -0.3 is 20.5 Å². The highest BCUT2D eigenvalue weighted by atomic mass is 16.7. The maximum atomic E-state index is 11.5. The van der Waals surface area contributed by atoms with E-state index < -0.39 is 11.9 Å². The van der Waals surface area contributed by atoms with E-state index in [1.165, 1.54) is 0 Å². The Kier molecular flexibility index (Phi) is 3.72. The zero-order chi connectivity index (χ0) is 13.1. The molecule has 1 unspecified atom stereocenters. The molecular weight excluding hydrogens is 232 g/mol. The summed E-state index contributed by atoms with van der Waals surface area (Å²) in [5, 5.41) is 3.16. The fourth-order valence-electron chi connectivity index (χ4n) is 1.83. The molecule has 3 N–H and O–H groups in total. The highest BCUT2D eigenvalue weighted by molar-refractivity contribution is 5.81. The summed E-state index contributed by atoms with van der Waals surface area (Å²) in [6, 6.07) is 4.92. The molecule has 5 nitrogen and oxygen atoms in total. The normalized spacial score (nSPS) is 14.8. The maximum Gasteiger partial charge on any atom is 0.239 e. The van der Waals surface area contributed by atoms with E-state index in [1.807, 2.05) is 6.07 Å². The van der Waals surface area contributed by atoms with Crippen LogP contribution in [0.15, 0.2) is 18.2 Å². The van der Waals surface area contributed by atoms with Crippen LogP contribution in [-0.2, 0) is 4.79 Å². The van der Waals surface area contributed by atoms with Crippen LogP contribution >= 0.6 is 0 Å². The molecule has 98 valence electrons. The molecule has 0 radical (unpaired) electrons. The number of amides is 1. The van der Waals surface area contributed by atoms with Crippen LogP contribution in [0, 0.1) is 5.92 Å². The van der Waals surface area contributed by atoms with Gasteiger partial charge in [-0.3, -0.25) is 4.79 Å². The topological polar surface area (TPSA) is 73.6 Å². The van der Waals surface area contributed by atoms with Gasteiger partial charge in [0.15, 0.2) is 11.5 Å². The van der Waals surface area contributed by atoms with E-state index in [4.69, 9.17) is 15.2 Å². The summed E-state index contributed by atoms with van der Waals surface area (Å²) >= 11 is 0. The number of nitrogens with one attached hydrogen (secondary N) is 1. The summed E-state index contributed by atoms with van der Waals surface area (Å²) in [5.74, 6) is 1.41. The highest BCUT2D eigenvalue weighted by Crippen LogP contribution is 2.34. The van der Waals surface area contributed by atoms with Gasteiger partial charge in [0.25, 0.3) is 0 Å². The first kappa shape index (κ1) is 12.7. The van der Waals surface area contributed by atoms with Crippen LogP contribution in [0.1, 0.15) is 25.5 Å². The third kappa shape index (κ3) is 2.73. The molecule has 18 heavy (non-hydrogen) atoms. The lowest BCUT2D eigenvalue weighted by Crippen LogP contribution is -2.35. The van der Waals surface area contributed by atoms with Crippen LogP contribution < -0.4 is 20.5 Å². The first-order valence-electron chi connectivity index (χ1n) is 6.00. The Labute approximate surface area is 106 Å². The van der Waals surface area contributed by atoms with Crippen molar-refractivity contribution in [2.24, 2.45) is 11.7 Å². The molecule has 0 saturated heterocycles. The second-order valence-corrected chi connectivity index (χ2v) is 4.75. The molecule has 1 aliphatic heterocycles. The van der Waals surface area contributed by atoms with Crippen molar-refractivity contribution in [3.8, 4) is 11.5 Å². The van der Waals surface area contributed by atoms with Gasteiger partial charge in [-0.15, -0.1) is 0 Å². The minimum absolute atomic E-state index is 0.222. The second-order valence-electron chi connectivity index (χ2n) is 4.75. The number of ether oxygens (including phenoxy) is 2. The van der Waals surface area contributed by atoms with Crippen molar-refractivity contribution in [1.29, 1.82) is 0 Å². The SMILES string of the molecule is CC(C)CNC(C(N)=O)c1ccc2c(c1)OCO2. The molecule has 2 rings (SSSR count). The summed E-state index contributed by atoms with van der Waals surface area (Å²) in [6.45, 7) is 5.09. The third-order valence-corrected chi connectivity index (χ3v) is 2.74. The highest BCUT2D eigenvalue weighted by Gasteiger charge is 2.21. The van der Waals surface area contributed by atoms with Gasteiger partial charge in [0.1, 0.15) is 6.04 Å². The van der Waals surface area contributed by atoms with Crippen LogP contribution in [0.4, 0.5) is 0 Å². The number of fused-ring (bicyclic) bond motifs is 1. The van der Waals surface area contributed by atoms with Crippen LogP contribution in [0.3, 0.4) is 0 Å².